The molecule has 1 amide bonds. The minimum atomic E-state index is -0.370. The molecule has 4 heteroatoms. The van der Waals surface area contributed by atoms with E-state index >= 15 is 0 Å². The first-order valence-electron chi connectivity index (χ1n) is 8.29. The summed E-state index contributed by atoms with van der Waals surface area (Å²) in [6.45, 7) is 7.45. The summed E-state index contributed by atoms with van der Waals surface area (Å²) in [6.07, 6.45) is 0.714. The van der Waals surface area contributed by atoms with Gasteiger partial charge in [0, 0.05) is 44.0 Å². The topological polar surface area (TPSA) is 57.6 Å². The summed E-state index contributed by atoms with van der Waals surface area (Å²) in [5, 5.41) is 9.33. The second kappa shape index (κ2) is 7.26. The standard InChI is InChI=1S/C19H27NO3/c1-14-11-20(12-16(14)13-21)18(23)10-19(2,3)9-17(22)15-7-5-4-6-8-15/h4-8,14,16,21H,9-13H2,1-3H3/t14-,16+/m1/s1. The van der Waals surface area contributed by atoms with Gasteiger partial charge in [-0.3, -0.25) is 9.59 Å². The summed E-state index contributed by atoms with van der Waals surface area (Å²) in [4.78, 5) is 26.7. The Labute approximate surface area is 138 Å². The second-order valence-electron chi connectivity index (χ2n) is 7.53. The van der Waals surface area contributed by atoms with Crippen LogP contribution in [-0.2, 0) is 4.79 Å². The first-order chi connectivity index (χ1) is 10.8. The van der Waals surface area contributed by atoms with Crippen molar-refractivity contribution in [3.05, 3.63) is 35.9 Å². The molecule has 1 aliphatic heterocycles. The van der Waals surface area contributed by atoms with Crippen LogP contribution in [0.2, 0.25) is 0 Å². The molecule has 23 heavy (non-hydrogen) atoms. The average molecular weight is 317 g/mol. The van der Waals surface area contributed by atoms with Gasteiger partial charge in [0.25, 0.3) is 0 Å². The van der Waals surface area contributed by atoms with Gasteiger partial charge in [0.2, 0.25) is 5.91 Å². The number of aliphatic hydroxyl groups is 1. The van der Waals surface area contributed by atoms with E-state index in [1.54, 1.807) is 0 Å². The molecule has 1 aliphatic rings. The molecule has 0 aromatic heterocycles. The van der Waals surface area contributed by atoms with Crippen molar-refractivity contribution >= 4 is 11.7 Å². The van der Waals surface area contributed by atoms with Crippen LogP contribution in [0.15, 0.2) is 30.3 Å². The van der Waals surface area contributed by atoms with Crippen molar-refractivity contribution in [2.24, 2.45) is 17.3 Å². The van der Waals surface area contributed by atoms with Crippen molar-refractivity contribution in [2.45, 2.75) is 33.6 Å². The summed E-state index contributed by atoms with van der Waals surface area (Å²) >= 11 is 0. The summed E-state index contributed by atoms with van der Waals surface area (Å²) < 4.78 is 0. The van der Waals surface area contributed by atoms with Crippen LogP contribution in [0, 0.1) is 17.3 Å². The fraction of sp³-hybridized carbons (Fsp3) is 0.579. The van der Waals surface area contributed by atoms with Crippen molar-refractivity contribution in [1.29, 1.82) is 0 Å². The molecule has 0 bridgehead atoms. The Hall–Kier alpha value is -1.68. The molecular weight excluding hydrogens is 290 g/mol. The molecule has 126 valence electrons. The second-order valence-corrected chi connectivity index (χ2v) is 7.53. The largest absolute Gasteiger partial charge is 0.396 e. The van der Waals surface area contributed by atoms with Gasteiger partial charge in [0.15, 0.2) is 5.78 Å². The van der Waals surface area contributed by atoms with Gasteiger partial charge in [-0.15, -0.1) is 0 Å². The van der Waals surface area contributed by atoms with Crippen molar-refractivity contribution in [1.82, 2.24) is 4.90 Å². The zero-order valence-electron chi connectivity index (χ0n) is 14.3. The Morgan fingerprint density at radius 1 is 1.17 bits per heavy atom. The quantitative estimate of drug-likeness (QED) is 0.821. The van der Waals surface area contributed by atoms with E-state index in [2.05, 4.69) is 6.92 Å². The van der Waals surface area contributed by atoms with Crippen LogP contribution in [0.25, 0.3) is 0 Å². The van der Waals surface area contributed by atoms with E-state index < -0.39 is 0 Å². The van der Waals surface area contributed by atoms with Crippen molar-refractivity contribution in [3.8, 4) is 0 Å². The summed E-state index contributed by atoms with van der Waals surface area (Å²) in [5.41, 5.74) is 0.327. The van der Waals surface area contributed by atoms with E-state index in [0.717, 1.165) is 0 Å². The van der Waals surface area contributed by atoms with Crippen LogP contribution in [0.3, 0.4) is 0 Å². The lowest BCUT2D eigenvalue weighted by atomic mass is 9.82. The number of carbonyl (C=O) groups is 2. The molecule has 2 rings (SSSR count). The Kier molecular flexibility index (Phi) is 5.58. The number of amides is 1. The normalized spacial score (nSPS) is 21.5. The number of hydrogen-bond acceptors (Lipinski definition) is 3. The zero-order valence-corrected chi connectivity index (χ0v) is 14.3. The molecule has 4 nitrogen and oxygen atoms in total. The van der Waals surface area contributed by atoms with Crippen LogP contribution >= 0.6 is 0 Å². The Morgan fingerprint density at radius 3 is 2.39 bits per heavy atom. The highest BCUT2D eigenvalue weighted by Crippen LogP contribution is 2.30. The van der Waals surface area contributed by atoms with Gasteiger partial charge in [0.1, 0.15) is 0 Å². The number of likely N-dealkylation sites (tertiary alicyclic amines) is 1. The molecule has 0 aliphatic carbocycles. The predicted octanol–water partition coefficient (Wildman–Crippen LogP) is 2.76. The van der Waals surface area contributed by atoms with Gasteiger partial charge >= 0.3 is 0 Å². The fourth-order valence-electron chi connectivity index (χ4n) is 3.22. The average Bonchev–Trinajstić information content (AvgIpc) is 2.88. The van der Waals surface area contributed by atoms with E-state index in [1.807, 2.05) is 49.1 Å². The predicted molar refractivity (Wildman–Crippen MR) is 90.1 cm³/mol. The highest BCUT2D eigenvalue weighted by molar-refractivity contribution is 5.96. The molecule has 0 spiro atoms. The van der Waals surface area contributed by atoms with Crippen LogP contribution < -0.4 is 0 Å². The van der Waals surface area contributed by atoms with Crippen LogP contribution in [0.1, 0.15) is 44.0 Å². The molecule has 1 fully saturated rings. The maximum absolute atomic E-state index is 12.5. The van der Waals surface area contributed by atoms with E-state index in [9.17, 15) is 14.7 Å². The lowest BCUT2D eigenvalue weighted by molar-refractivity contribution is -0.132. The molecule has 1 heterocycles. The number of aliphatic hydroxyl groups excluding tert-OH is 1. The van der Waals surface area contributed by atoms with E-state index in [0.29, 0.717) is 37.4 Å². The third-order valence-electron chi connectivity index (χ3n) is 4.72. The highest BCUT2D eigenvalue weighted by atomic mass is 16.3. The van der Waals surface area contributed by atoms with Gasteiger partial charge in [-0.2, -0.15) is 0 Å². The first kappa shape index (κ1) is 17.7. The lowest BCUT2D eigenvalue weighted by Gasteiger charge is -2.26. The number of rotatable bonds is 6. The van der Waals surface area contributed by atoms with Gasteiger partial charge in [-0.1, -0.05) is 51.1 Å². The van der Waals surface area contributed by atoms with Gasteiger partial charge in [-0.25, -0.2) is 0 Å². The first-order valence-corrected chi connectivity index (χ1v) is 8.29. The molecule has 1 aromatic rings. The smallest absolute Gasteiger partial charge is 0.223 e. The molecule has 0 radical (unpaired) electrons. The Balaban J connectivity index is 1.93. The molecule has 0 saturated carbocycles. The van der Waals surface area contributed by atoms with E-state index in [1.165, 1.54) is 0 Å². The van der Waals surface area contributed by atoms with E-state index in [4.69, 9.17) is 0 Å². The third-order valence-corrected chi connectivity index (χ3v) is 4.72. The molecule has 1 aromatic carbocycles. The SMILES string of the molecule is C[C@@H]1CN(C(=O)CC(C)(C)CC(=O)c2ccccc2)C[C@H]1CO. The third kappa shape index (κ3) is 4.64. The minimum Gasteiger partial charge on any atom is -0.396 e. The number of Topliss-reactive ketones (excluding diaryl/α,β-unsaturated/α-hetero) is 1. The number of carbonyl (C=O) groups excluding carboxylic acids is 2. The molecule has 1 N–H and O–H groups in total. The van der Waals surface area contributed by atoms with Crippen LogP contribution in [0.4, 0.5) is 0 Å². The molecule has 2 atom stereocenters. The van der Waals surface area contributed by atoms with Crippen LogP contribution in [0.5, 0.6) is 0 Å². The van der Waals surface area contributed by atoms with Crippen molar-refractivity contribution in [3.63, 3.8) is 0 Å². The Bertz CT molecular complexity index is 553. The molecule has 1 saturated heterocycles. The maximum atomic E-state index is 12.5. The number of hydrogen-bond donors (Lipinski definition) is 1. The minimum absolute atomic E-state index is 0.0754. The maximum Gasteiger partial charge on any atom is 0.223 e. The summed E-state index contributed by atoms with van der Waals surface area (Å²) in [7, 11) is 0. The lowest BCUT2D eigenvalue weighted by Crippen LogP contribution is -2.33. The van der Waals surface area contributed by atoms with E-state index in [-0.39, 0.29) is 29.6 Å². The highest BCUT2D eigenvalue weighted by Gasteiger charge is 2.34. The van der Waals surface area contributed by atoms with Crippen molar-refractivity contribution in [2.75, 3.05) is 19.7 Å². The molecule has 0 unspecified atom stereocenters. The van der Waals surface area contributed by atoms with Crippen molar-refractivity contribution < 1.29 is 14.7 Å². The number of ketones is 1. The monoisotopic (exact) mass is 317 g/mol. The summed E-state index contributed by atoms with van der Waals surface area (Å²) in [5.74, 6) is 0.663. The Morgan fingerprint density at radius 2 is 1.83 bits per heavy atom. The van der Waals surface area contributed by atoms with Gasteiger partial charge in [0.05, 0.1) is 0 Å². The summed E-state index contributed by atoms with van der Waals surface area (Å²) in [6, 6.07) is 9.22. The number of nitrogens with zero attached hydrogens (tertiary/aromatic N) is 1. The van der Waals surface area contributed by atoms with Gasteiger partial charge < -0.3 is 10.0 Å². The molecular formula is C19H27NO3. The number of benzene rings is 1. The van der Waals surface area contributed by atoms with Crippen LogP contribution in [-0.4, -0.2) is 41.4 Å². The zero-order chi connectivity index (χ0) is 17.0. The fourth-order valence-corrected chi connectivity index (χ4v) is 3.22. The van der Waals surface area contributed by atoms with Gasteiger partial charge in [-0.05, 0) is 11.3 Å².